The first-order valence-corrected chi connectivity index (χ1v) is 22.1. The molecule has 1 atom stereocenters. The van der Waals surface area contributed by atoms with E-state index in [0.29, 0.717) is 47.2 Å². The van der Waals surface area contributed by atoms with Gasteiger partial charge in [-0.05, 0) is 108 Å². The van der Waals surface area contributed by atoms with Crippen LogP contribution in [0.15, 0.2) is 56.6 Å². The van der Waals surface area contributed by atoms with Crippen LogP contribution in [0.25, 0.3) is 22.3 Å². The summed E-state index contributed by atoms with van der Waals surface area (Å²) in [5.41, 5.74) is 23.5. The third kappa shape index (κ3) is 17.3. The molecule has 0 saturated heterocycles. The van der Waals surface area contributed by atoms with Crippen molar-refractivity contribution in [2.45, 2.75) is 125 Å². The molecule has 0 unspecified atom stereocenters. The Balaban J connectivity index is 0.000000294. The lowest BCUT2D eigenvalue weighted by Gasteiger charge is -2.26. The molecule has 6 rings (SSSR count). The second-order valence-corrected chi connectivity index (χ2v) is 16.7. The number of unbranched alkanes of at least 4 members (excludes halogenated alkanes) is 1. The van der Waals surface area contributed by atoms with Crippen LogP contribution < -0.4 is 50.7 Å². The summed E-state index contributed by atoms with van der Waals surface area (Å²) in [5.74, 6) is 0.596. The summed E-state index contributed by atoms with van der Waals surface area (Å²) in [4.78, 5) is 97.2. The molecule has 6 heterocycles. The Hall–Kier alpha value is -7.02. The molecular formula is C43H69BN18O6. The van der Waals surface area contributed by atoms with Crippen molar-refractivity contribution < 1.29 is 9.59 Å². The van der Waals surface area contributed by atoms with Crippen molar-refractivity contribution in [3.8, 4) is 0 Å². The highest BCUT2D eigenvalue weighted by Gasteiger charge is 2.18. The number of carbonyl (C=O) groups is 2. The number of anilines is 3. The number of aromatic nitrogens is 12. The number of Topliss-reactive ketones (excluding diaryl/α,β-unsaturated/α-hetero) is 1. The van der Waals surface area contributed by atoms with E-state index in [2.05, 4.69) is 59.0 Å². The number of carbonyl (C=O) groups excluding carboxylic acids is 2. The number of nitrogens with zero attached hydrogens (tertiary/aromatic N) is 11. The highest BCUT2D eigenvalue weighted by molar-refractivity contribution is 6.19. The number of likely N-dealkylation sites (N-methyl/N-ethyl adjacent to an activating group) is 1. The summed E-state index contributed by atoms with van der Waals surface area (Å²) in [6.45, 7) is 20.2. The predicted octanol–water partition coefficient (Wildman–Crippen LogP) is 1.81. The second-order valence-electron chi connectivity index (χ2n) is 16.7. The number of rotatable bonds is 14. The van der Waals surface area contributed by atoms with Gasteiger partial charge in [0.05, 0.1) is 27.0 Å². The fourth-order valence-corrected chi connectivity index (χ4v) is 6.14. The predicted molar refractivity (Wildman–Crippen MR) is 266 cm³/mol. The van der Waals surface area contributed by atoms with Crippen LogP contribution in [0.1, 0.15) is 111 Å². The molecule has 0 spiro atoms. The molecule has 25 heteroatoms. The van der Waals surface area contributed by atoms with Crippen LogP contribution in [0.3, 0.4) is 0 Å². The average molecular weight is 945 g/mol. The highest BCUT2D eigenvalue weighted by Crippen LogP contribution is 2.18. The molecular weight excluding hydrogens is 875 g/mol. The molecule has 6 aromatic heterocycles. The molecule has 2 radical (unpaired) electrons. The Bertz CT molecular complexity index is 2770. The van der Waals surface area contributed by atoms with E-state index >= 15 is 0 Å². The van der Waals surface area contributed by atoms with Crippen LogP contribution >= 0.6 is 0 Å². The maximum atomic E-state index is 11.6. The largest absolute Gasteiger partial charge is 0.383 e. The van der Waals surface area contributed by atoms with Crippen LogP contribution in [0.5, 0.6) is 0 Å². The second kappa shape index (κ2) is 27.6. The Morgan fingerprint density at radius 3 is 1.90 bits per heavy atom. The van der Waals surface area contributed by atoms with Crippen LogP contribution in [0.2, 0.25) is 6.32 Å². The smallest absolute Gasteiger partial charge is 0.349 e. The summed E-state index contributed by atoms with van der Waals surface area (Å²) < 4.78 is 6.79. The third-order valence-electron chi connectivity index (χ3n) is 9.86. The summed E-state index contributed by atoms with van der Waals surface area (Å²) in [6, 6.07) is 2.53. The first-order chi connectivity index (χ1) is 32.0. The molecule has 0 aliphatic carbocycles. The van der Waals surface area contributed by atoms with Gasteiger partial charge in [-0.1, -0.05) is 6.42 Å². The van der Waals surface area contributed by atoms with E-state index in [9.17, 15) is 28.8 Å². The molecule has 0 aromatic carbocycles. The summed E-state index contributed by atoms with van der Waals surface area (Å²) in [7, 11) is 7.20. The number of hydrogen-bond donors (Lipinski definition) is 7. The van der Waals surface area contributed by atoms with Crippen molar-refractivity contribution in [2.75, 3.05) is 43.9 Å². The van der Waals surface area contributed by atoms with Crippen molar-refractivity contribution in [2.24, 2.45) is 5.73 Å². The van der Waals surface area contributed by atoms with Crippen molar-refractivity contribution in [1.82, 2.24) is 68.4 Å². The molecule has 6 aromatic rings. The molecule has 1 amide bonds. The quantitative estimate of drug-likeness (QED) is 0.0605. The highest BCUT2D eigenvalue weighted by atomic mass is 16.2. The van der Waals surface area contributed by atoms with E-state index in [0.717, 1.165) is 24.9 Å². The van der Waals surface area contributed by atoms with E-state index in [1.54, 1.807) is 42.6 Å². The number of nitrogen functional groups attached to an aromatic ring is 3. The maximum absolute atomic E-state index is 11.6. The maximum Gasteiger partial charge on any atom is 0.349 e. The zero-order valence-electron chi connectivity index (χ0n) is 41.1. The van der Waals surface area contributed by atoms with E-state index in [-0.39, 0.29) is 83.0 Å². The molecule has 370 valence electrons. The van der Waals surface area contributed by atoms with Gasteiger partial charge in [0.2, 0.25) is 11.9 Å². The van der Waals surface area contributed by atoms with Gasteiger partial charge in [0.25, 0.3) is 11.1 Å². The Labute approximate surface area is 395 Å². The number of nitrogens with one attached hydrogen (secondary N) is 3. The fraction of sp³-hybridized carbons (Fsp3) is 0.535. The van der Waals surface area contributed by atoms with Crippen LogP contribution in [-0.2, 0) is 9.59 Å². The van der Waals surface area contributed by atoms with E-state index in [1.807, 2.05) is 53.2 Å². The molecule has 11 N–H and O–H groups in total. The molecule has 0 aliphatic rings. The summed E-state index contributed by atoms with van der Waals surface area (Å²) in [6.07, 6.45) is 10.9. The number of nitrogens with two attached hydrogens (primary N) is 4. The number of aromatic amines is 2. The monoisotopic (exact) mass is 945 g/mol. The van der Waals surface area contributed by atoms with Crippen LogP contribution in [0.4, 0.5) is 17.6 Å². The number of ketones is 1. The first-order valence-electron chi connectivity index (χ1n) is 22.1. The Morgan fingerprint density at radius 2 is 1.37 bits per heavy atom. The van der Waals surface area contributed by atoms with Gasteiger partial charge >= 0.3 is 11.4 Å². The van der Waals surface area contributed by atoms with Crippen LogP contribution in [0, 0.1) is 6.92 Å². The topological polar surface area (TPSA) is 350 Å². The zero-order valence-corrected chi connectivity index (χ0v) is 41.1. The number of hydrogen-bond acceptors (Lipinski definition) is 17. The minimum atomic E-state index is -0.347. The van der Waals surface area contributed by atoms with E-state index in [1.165, 1.54) is 27.3 Å². The van der Waals surface area contributed by atoms with Gasteiger partial charge in [0.1, 0.15) is 23.4 Å². The number of H-pyrrole nitrogens is 2. The minimum absolute atomic E-state index is 0.0337. The van der Waals surface area contributed by atoms with Gasteiger partial charge in [-0.3, -0.25) is 38.3 Å². The molecule has 0 bridgehead atoms. The van der Waals surface area contributed by atoms with Gasteiger partial charge < -0.3 is 42.3 Å². The molecule has 0 saturated carbocycles. The third-order valence-corrected chi connectivity index (χ3v) is 9.86. The van der Waals surface area contributed by atoms with Crippen molar-refractivity contribution in [3.63, 3.8) is 0 Å². The average Bonchev–Trinajstić information content (AvgIpc) is 3.91. The summed E-state index contributed by atoms with van der Waals surface area (Å²) in [5, 5.41) is 3.16. The number of imidazole rings is 2. The Kier molecular flexibility index (Phi) is 23.2. The van der Waals surface area contributed by atoms with Gasteiger partial charge in [0, 0.05) is 54.7 Å². The van der Waals surface area contributed by atoms with Gasteiger partial charge in [-0.25, -0.2) is 29.5 Å². The Morgan fingerprint density at radius 1 is 0.779 bits per heavy atom. The summed E-state index contributed by atoms with van der Waals surface area (Å²) >= 11 is 0. The van der Waals surface area contributed by atoms with E-state index < -0.39 is 0 Å². The molecule has 0 aliphatic heterocycles. The number of aryl methyl sites for hydroxylation is 1. The lowest BCUT2D eigenvalue weighted by atomic mass is 10.0. The number of fused-ring (bicyclic) bond motifs is 2. The molecule has 24 nitrogen and oxygen atoms in total. The minimum Gasteiger partial charge on any atom is -0.383 e. The normalized spacial score (nSPS) is 11.3. The lowest BCUT2D eigenvalue weighted by molar-refractivity contribution is -0.133. The van der Waals surface area contributed by atoms with Gasteiger partial charge in [0.15, 0.2) is 22.6 Å². The standard InChI is InChI=1S/C12H24BN3O2.C8H11N5O.C8H11N5.C8H12N2O2.C7H11N3O/c1-10(17)8-16(12(18)7-13)9-11(15-2)5-3-4-6-14;1-4(2)13-3-10-5-6(13)11-8(9)12-7(5)14;1-5(2)13-4-12-6-7(9)10-3-11-8(6)13;1-5(2)10-4-6(3)7(11)9-8(10)12;1-5(2)10-4-3-6(8)9-7(10)11/h11,15H,3-9,14H2,1-2H3;3-4H,1-2H3,(H3,9,11,12,14);3-5H,1-2H3,(H2,9,10,11);4-5H,1-3H3,(H,9,11,12);3-5H,1-2H3,(H2,8,9,11)/t11-;;;;/m0..../s1. The molecule has 0 fully saturated rings. The first kappa shape index (κ1) is 57.1. The van der Waals surface area contributed by atoms with Gasteiger partial charge in [-0.15, -0.1) is 0 Å². The number of amides is 1. The SMILES string of the molecule is CC(C)n1ccc(N)nc1=O.CC(C)n1cnc2c(=O)[nH]c(N)nc21.CC(C)n1cnc2c(N)ncnc21.Cc1cn(C(C)C)c(=O)[nH]c1=O.[B]CC(=O)N(CC(C)=O)C[C@H](CCCCN)NC. The van der Waals surface area contributed by atoms with Crippen molar-refractivity contribution in [1.29, 1.82) is 0 Å². The fourth-order valence-electron chi connectivity index (χ4n) is 6.14. The zero-order chi connectivity index (χ0) is 51.4. The van der Waals surface area contributed by atoms with Crippen molar-refractivity contribution >= 4 is 59.4 Å². The van der Waals surface area contributed by atoms with Crippen LogP contribution in [-0.4, -0.2) is 115 Å². The lowest BCUT2D eigenvalue weighted by Crippen LogP contribution is -2.44. The van der Waals surface area contributed by atoms with E-state index in [4.69, 9.17) is 30.8 Å². The van der Waals surface area contributed by atoms with Gasteiger partial charge in [-0.2, -0.15) is 9.97 Å². The molecule has 68 heavy (non-hydrogen) atoms. The van der Waals surface area contributed by atoms with Crippen molar-refractivity contribution in [3.05, 3.63) is 84.7 Å².